The number of thiophene rings is 1. The topological polar surface area (TPSA) is 35.2 Å². The zero-order chi connectivity index (χ0) is 9.90. The molecule has 1 aromatic rings. The lowest BCUT2D eigenvalue weighted by molar-refractivity contribution is -0.134. The van der Waals surface area contributed by atoms with Crippen LogP contribution in [0, 0.1) is 0 Å². The minimum absolute atomic E-state index is 0.234. The number of alkyl halides is 3. The standard InChI is InChI=1S/C7H8F3NOS/c8-7(9,10)5-1-2-6(13-5)12-4-3-11/h1-2H,3-4,11H2. The summed E-state index contributed by atoms with van der Waals surface area (Å²) in [6, 6.07) is 2.29. The normalized spacial score (nSPS) is 11.7. The summed E-state index contributed by atoms with van der Waals surface area (Å²) in [4.78, 5) is -0.653. The van der Waals surface area contributed by atoms with Crippen LogP contribution in [-0.4, -0.2) is 13.2 Å². The van der Waals surface area contributed by atoms with E-state index in [1.165, 1.54) is 6.07 Å². The Kier molecular flexibility index (Phi) is 3.16. The first-order chi connectivity index (χ1) is 6.04. The summed E-state index contributed by atoms with van der Waals surface area (Å²) in [6.07, 6.45) is -4.28. The van der Waals surface area contributed by atoms with Gasteiger partial charge in [-0.2, -0.15) is 13.2 Å². The van der Waals surface area contributed by atoms with Crippen LogP contribution >= 0.6 is 11.3 Å². The van der Waals surface area contributed by atoms with Gasteiger partial charge in [-0.3, -0.25) is 0 Å². The van der Waals surface area contributed by atoms with Gasteiger partial charge in [-0.15, -0.1) is 0 Å². The van der Waals surface area contributed by atoms with Crippen LogP contribution in [0.2, 0.25) is 0 Å². The summed E-state index contributed by atoms with van der Waals surface area (Å²) < 4.78 is 41.1. The molecule has 74 valence electrons. The fourth-order valence-electron chi connectivity index (χ4n) is 0.710. The van der Waals surface area contributed by atoms with Crippen molar-refractivity contribution in [1.82, 2.24) is 0 Å². The fourth-order valence-corrected chi connectivity index (χ4v) is 1.46. The molecular formula is C7H8F3NOS. The zero-order valence-electron chi connectivity index (χ0n) is 6.60. The van der Waals surface area contributed by atoms with E-state index in [0.717, 1.165) is 6.07 Å². The van der Waals surface area contributed by atoms with Crippen molar-refractivity contribution >= 4 is 11.3 Å². The summed E-state index contributed by atoms with van der Waals surface area (Å²) in [6.45, 7) is 0.525. The number of rotatable bonds is 3. The molecule has 1 rings (SSSR count). The average molecular weight is 211 g/mol. The van der Waals surface area contributed by atoms with Crippen LogP contribution in [0.15, 0.2) is 12.1 Å². The first-order valence-corrected chi connectivity index (χ1v) is 4.35. The van der Waals surface area contributed by atoms with E-state index in [0.29, 0.717) is 17.9 Å². The van der Waals surface area contributed by atoms with Crippen LogP contribution in [0.4, 0.5) is 13.2 Å². The van der Waals surface area contributed by atoms with Crippen molar-refractivity contribution in [2.45, 2.75) is 6.18 Å². The van der Waals surface area contributed by atoms with Crippen LogP contribution in [-0.2, 0) is 6.18 Å². The number of ether oxygens (including phenoxy) is 1. The molecule has 2 nitrogen and oxygen atoms in total. The van der Waals surface area contributed by atoms with Crippen molar-refractivity contribution < 1.29 is 17.9 Å². The Balaban J connectivity index is 2.64. The predicted octanol–water partition coefficient (Wildman–Crippen LogP) is 2.10. The van der Waals surface area contributed by atoms with Gasteiger partial charge in [0.2, 0.25) is 0 Å². The van der Waals surface area contributed by atoms with Crippen molar-refractivity contribution in [1.29, 1.82) is 0 Å². The third-order valence-electron chi connectivity index (χ3n) is 1.22. The largest absolute Gasteiger partial charge is 0.483 e. The highest BCUT2D eigenvalue weighted by Gasteiger charge is 2.32. The van der Waals surface area contributed by atoms with Crippen molar-refractivity contribution in [2.75, 3.05) is 13.2 Å². The van der Waals surface area contributed by atoms with E-state index in [1.54, 1.807) is 0 Å². The molecule has 2 N–H and O–H groups in total. The molecule has 0 unspecified atom stereocenters. The molecule has 0 saturated heterocycles. The van der Waals surface area contributed by atoms with E-state index < -0.39 is 11.1 Å². The summed E-state index contributed by atoms with van der Waals surface area (Å²) in [7, 11) is 0. The highest BCUT2D eigenvalue weighted by molar-refractivity contribution is 7.13. The molecule has 0 radical (unpaired) electrons. The third-order valence-corrected chi connectivity index (χ3v) is 2.27. The van der Waals surface area contributed by atoms with Gasteiger partial charge in [0.05, 0.1) is 0 Å². The van der Waals surface area contributed by atoms with Gasteiger partial charge in [-0.05, 0) is 12.1 Å². The van der Waals surface area contributed by atoms with Crippen molar-refractivity contribution in [2.24, 2.45) is 5.73 Å². The monoisotopic (exact) mass is 211 g/mol. The Hall–Kier alpha value is -0.750. The predicted molar refractivity (Wildman–Crippen MR) is 43.9 cm³/mol. The van der Waals surface area contributed by atoms with Crippen LogP contribution < -0.4 is 10.5 Å². The van der Waals surface area contributed by atoms with E-state index in [2.05, 4.69) is 0 Å². The number of hydrogen-bond donors (Lipinski definition) is 1. The Morgan fingerprint density at radius 2 is 2.08 bits per heavy atom. The van der Waals surface area contributed by atoms with Crippen molar-refractivity contribution in [3.05, 3.63) is 17.0 Å². The quantitative estimate of drug-likeness (QED) is 0.831. The Labute approximate surface area is 77.1 Å². The number of halogens is 3. The fraction of sp³-hybridized carbons (Fsp3) is 0.429. The highest BCUT2D eigenvalue weighted by Crippen LogP contribution is 2.37. The molecule has 0 atom stereocenters. The molecule has 1 heterocycles. The Morgan fingerprint density at radius 3 is 2.54 bits per heavy atom. The lowest BCUT2D eigenvalue weighted by Gasteiger charge is -2.01. The van der Waals surface area contributed by atoms with Gasteiger partial charge in [0.25, 0.3) is 0 Å². The van der Waals surface area contributed by atoms with Gasteiger partial charge in [0, 0.05) is 6.54 Å². The second-order valence-corrected chi connectivity index (χ2v) is 3.30. The molecule has 0 fully saturated rings. The summed E-state index contributed by atoms with van der Waals surface area (Å²) in [5.74, 6) is 0. The van der Waals surface area contributed by atoms with Crippen LogP contribution in [0.25, 0.3) is 0 Å². The summed E-state index contributed by atoms with van der Waals surface area (Å²) >= 11 is 0.577. The van der Waals surface area contributed by atoms with Gasteiger partial charge in [0.15, 0.2) is 5.06 Å². The lowest BCUT2D eigenvalue weighted by atomic mass is 10.5. The van der Waals surface area contributed by atoms with Crippen molar-refractivity contribution in [3.63, 3.8) is 0 Å². The molecule has 0 bridgehead atoms. The van der Waals surface area contributed by atoms with E-state index >= 15 is 0 Å². The second-order valence-electron chi connectivity index (χ2n) is 2.25. The Morgan fingerprint density at radius 1 is 1.38 bits per heavy atom. The molecule has 0 aliphatic heterocycles. The van der Waals surface area contributed by atoms with Crippen molar-refractivity contribution in [3.8, 4) is 5.06 Å². The van der Waals surface area contributed by atoms with Gasteiger partial charge in [0.1, 0.15) is 11.5 Å². The average Bonchev–Trinajstić information content (AvgIpc) is 2.47. The van der Waals surface area contributed by atoms with Gasteiger partial charge in [-0.1, -0.05) is 11.3 Å². The second kappa shape index (κ2) is 3.97. The highest BCUT2D eigenvalue weighted by atomic mass is 32.1. The molecular weight excluding hydrogens is 203 g/mol. The van der Waals surface area contributed by atoms with Crippen LogP contribution in [0.5, 0.6) is 5.06 Å². The lowest BCUT2D eigenvalue weighted by Crippen LogP contribution is -2.09. The SMILES string of the molecule is NCCOc1ccc(C(F)(F)F)s1. The molecule has 0 aromatic carbocycles. The minimum atomic E-state index is -4.28. The van der Waals surface area contributed by atoms with E-state index in [-0.39, 0.29) is 11.7 Å². The third kappa shape index (κ3) is 2.89. The molecule has 0 aliphatic carbocycles. The van der Waals surface area contributed by atoms with E-state index in [9.17, 15) is 13.2 Å². The van der Waals surface area contributed by atoms with E-state index in [4.69, 9.17) is 10.5 Å². The molecule has 1 aromatic heterocycles. The van der Waals surface area contributed by atoms with Gasteiger partial charge in [-0.25, -0.2) is 0 Å². The Bertz CT molecular complexity index is 271. The maximum Gasteiger partial charge on any atom is 0.425 e. The summed E-state index contributed by atoms with van der Waals surface area (Å²) in [5, 5.41) is 0.248. The van der Waals surface area contributed by atoms with E-state index in [1.807, 2.05) is 0 Å². The van der Waals surface area contributed by atoms with Gasteiger partial charge < -0.3 is 10.5 Å². The smallest absolute Gasteiger partial charge is 0.425 e. The molecule has 0 spiro atoms. The minimum Gasteiger partial charge on any atom is -0.483 e. The van der Waals surface area contributed by atoms with Crippen LogP contribution in [0.1, 0.15) is 4.88 Å². The molecule has 0 saturated carbocycles. The molecule has 0 aliphatic rings. The zero-order valence-corrected chi connectivity index (χ0v) is 7.41. The molecule has 13 heavy (non-hydrogen) atoms. The first kappa shape index (κ1) is 10.3. The molecule has 0 amide bonds. The summed E-state index contributed by atoms with van der Waals surface area (Å²) in [5.41, 5.74) is 5.13. The maximum absolute atomic E-state index is 12.1. The number of nitrogens with two attached hydrogens (primary N) is 1. The van der Waals surface area contributed by atoms with Gasteiger partial charge >= 0.3 is 6.18 Å². The van der Waals surface area contributed by atoms with Crippen LogP contribution in [0.3, 0.4) is 0 Å². The maximum atomic E-state index is 12.1. The molecule has 6 heteroatoms. The number of hydrogen-bond acceptors (Lipinski definition) is 3. The first-order valence-electron chi connectivity index (χ1n) is 3.54.